The molecule has 0 radical (unpaired) electrons. The van der Waals surface area contributed by atoms with Crippen molar-refractivity contribution in [2.24, 2.45) is 0 Å². The van der Waals surface area contributed by atoms with Gasteiger partial charge in [-0.1, -0.05) is 22.0 Å². The molecule has 0 aliphatic heterocycles. The summed E-state index contributed by atoms with van der Waals surface area (Å²) < 4.78 is 6.88. The molecule has 1 aliphatic carbocycles. The van der Waals surface area contributed by atoms with Crippen molar-refractivity contribution in [3.63, 3.8) is 0 Å². The van der Waals surface area contributed by atoms with Gasteiger partial charge in [-0.3, -0.25) is 0 Å². The average molecular weight is 319 g/mol. The predicted molar refractivity (Wildman–Crippen MR) is 78.3 cm³/mol. The molecule has 19 heavy (non-hydrogen) atoms. The van der Waals surface area contributed by atoms with Crippen molar-refractivity contribution in [3.05, 3.63) is 52.6 Å². The highest BCUT2D eigenvalue weighted by Crippen LogP contribution is 2.25. The van der Waals surface area contributed by atoms with Crippen LogP contribution in [0.15, 0.2) is 47.1 Å². The van der Waals surface area contributed by atoms with Crippen LogP contribution in [0.5, 0.6) is 11.6 Å². The summed E-state index contributed by atoms with van der Waals surface area (Å²) in [5.74, 6) is 1.48. The molecule has 4 heteroatoms. The number of halogens is 1. The monoisotopic (exact) mass is 318 g/mol. The number of aromatic nitrogens is 1. The van der Waals surface area contributed by atoms with Crippen molar-refractivity contribution in [3.8, 4) is 11.6 Å². The number of nitrogens with one attached hydrogen (secondary N) is 1. The topological polar surface area (TPSA) is 34.1 Å². The summed E-state index contributed by atoms with van der Waals surface area (Å²) in [6.45, 7) is 0.810. The SMILES string of the molecule is Brc1ccc(Oc2ncccc2CNC2CC2)cc1. The van der Waals surface area contributed by atoms with Gasteiger partial charge >= 0.3 is 0 Å². The Morgan fingerprint density at radius 3 is 2.74 bits per heavy atom. The standard InChI is InChI=1S/C15H15BrN2O/c16-12-3-7-14(8-4-12)19-15-11(2-1-9-17-15)10-18-13-5-6-13/h1-4,7-9,13,18H,5-6,10H2. The number of pyridine rings is 1. The third kappa shape index (κ3) is 3.55. The van der Waals surface area contributed by atoms with Crippen LogP contribution in [0.25, 0.3) is 0 Å². The van der Waals surface area contributed by atoms with Crippen LogP contribution in [0.3, 0.4) is 0 Å². The molecule has 3 rings (SSSR count). The first kappa shape index (κ1) is 12.6. The molecule has 0 bridgehead atoms. The third-order valence-electron chi connectivity index (χ3n) is 3.04. The van der Waals surface area contributed by atoms with Crippen molar-refractivity contribution in [2.45, 2.75) is 25.4 Å². The molecule has 0 spiro atoms. The Kier molecular flexibility index (Phi) is 3.80. The summed E-state index contributed by atoms with van der Waals surface area (Å²) in [4.78, 5) is 4.32. The minimum absolute atomic E-state index is 0.679. The third-order valence-corrected chi connectivity index (χ3v) is 3.57. The molecule has 1 fully saturated rings. The normalized spacial score (nSPS) is 14.4. The number of hydrogen-bond acceptors (Lipinski definition) is 3. The highest BCUT2D eigenvalue weighted by molar-refractivity contribution is 9.10. The second kappa shape index (κ2) is 5.72. The fourth-order valence-corrected chi connectivity index (χ4v) is 2.07. The van der Waals surface area contributed by atoms with E-state index in [1.807, 2.05) is 30.3 Å². The summed E-state index contributed by atoms with van der Waals surface area (Å²) in [6.07, 6.45) is 4.32. The van der Waals surface area contributed by atoms with E-state index < -0.39 is 0 Å². The van der Waals surface area contributed by atoms with E-state index in [1.54, 1.807) is 6.20 Å². The molecule has 1 N–H and O–H groups in total. The Balaban J connectivity index is 1.73. The van der Waals surface area contributed by atoms with Crippen LogP contribution in [0.1, 0.15) is 18.4 Å². The van der Waals surface area contributed by atoms with Gasteiger partial charge < -0.3 is 10.1 Å². The van der Waals surface area contributed by atoms with E-state index in [1.165, 1.54) is 12.8 Å². The molecule has 1 heterocycles. The first-order chi connectivity index (χ1) is 9.31. The van der Waals surface area contributed by atoms with Gasteiger partial charge in [0.2, 0.25) is 5.88 Å². The van der Waals surface area contributed by atoms with Gasteiger partial charge in [0.25, 0.3) is 0 Å². The van der Waals surface area contributed by atoms with E-state index in [0.717, 1.165) is 22.3 Å². The molecular formula is C15H15BrN2O. The van der Waals surface area contributed by atoms with Crippen molar-refractivity contribution >= 4 is 15.9 Å². The summed E-state index contributed by atoms with van der Waals surface area (Å²) in [5, 5.41) is 3.48. The Hall–Kier alpha value is -1.39. The van der Waals surface area contributed by atoms with Crippen LogP contribution in [0.4, 0.5) is 0 Å². The van der Waals surface area contributed by atoms with Gasteiger partial charge in [-0.25, -0.2) is 4.98 Å². The Labute approximate surface area is 121 Å². The predicted octanol–water partition coefficient (Wildman–Crippen LogP) is 3.89. The Bertz CT molecular complexity index is 552. The lowest BCUT2D eigenvalue weighted by molar-refractivity contribution is 0.452. The molecule has 0 saturated heterocycles. The van der Waals surface area contributed by atoms with Crippen molar-refractivity contribution in [2.75, 3.05) is 0 Å². The summed E-state index contributed by atoms with van der Waals surface area (Å²) in [5.41, 5.74) is 1.09. The second-order valence-electron chi connectivity index (χ2n) is 4.68. The minimum atomic E-state index is 0.679. The van der Waals surface area contributed by atoms with E-state index in [2.05, 4.69) is 32.3 Å². The van der Waals surface area contributed by atoms with Crippen LogP contribution in [-0.2, 0) is 6.54 Å². The van der Waals surface area contributed by atoms with Gasteiger partial charge in [-0.05, 0) is 43.2 Å². The zero-order chi connectivity index (χ0) is 13.1. The van der Waals surface area contributed by atoms with E-state index in [0.29, 0.717) is 11.9 Å². The number of benzene rings is 1. The van der Waals surface area contributed by atoms with E-state index in [4.69, 9.17) is 4.74 Å². The molecule has 1 aliphatic rings. The quantitative estimate of drug-likeness (QED) is 0.908. The minimum Gasteiger partial charge on any atom is -0.439 e. The van der Waals surface area contributed by atoms with Gasteiger partial charge in [0.05, 0.1) is 0 Å². The number of rotatable bonds is 5. The van der Waals surface area contributed by atoms with Gasteiger partial charge in [0.1, 0.15) is 5.75 Å². The number of ether oxygens (including phenoxy) is 1. The molecular weight excluding hydrogens is 304 g/mol. The first-order valence-electron chi connectivity index (χ1n) is 6.42. The zero-order valence-corrected chi connectivity index (χ0v) is 12.1. The molecule has 1 aromatic heterocycles. The number of hydrogen-bond donors (Lipinski definition) is 1. The molecule has 2 aromatic rings. The molecule has 3 nitrogen and oxygen atoms in total. The maximum Gasteiger partial charge on any atom is 0.223 e. The Morgan fingerprint density at radius 1 is 1.21 bits per heavy atom. The first-order valence-corrected chi connectivity index (χ1v) is 7.21. The van der Waals surface area contributed by atoms with Crippen LogP contribution in [0.2, 0.25) is 0 Å². The lowest BCUT2D eigenvalue weighted by atomic mass is 10.2. The van der Waals surface area contributed by atoms with E-state index in [9.17, 15) is 0 Å². The molecule has 1 saturated carbocycles. The largest absolute Gasteiger partial charge is 0.439 e. The van der Waals surface area contributed by atoms with Gasteiger partial charge in [0.15, 0.2) is 0 Å². The van der Waals surface area contributed by atoms with Crippen LogP contribution in [0, 0.1) is 0 Å². The summed E-state index contributed by atoms with van der Waals surface area (Å²) in [7, 11) is 0. The highest BCUT2D eigenvalue weighted by Gasteiger charge is 2.20. The maximum atomic E-state index is 5.85. The van der Waals surface area contributed by atoms with Crippen molar-refractivity contribution < 1.29 is 4.74 Å². The maximum absolute atomic E-state index is 5.85. The molecule has 1 aromatic carbocycles. The molecule has 0 unspecified atom stereocenters. The molecule has 0 atom stereocenters. The lowest BCUT2D eigenvalue weighted by Crippen LogP contribution is -2.16. The second-order valence-corrected chi connectivity index (χ2v) is 5.59. The van der Waals surface area contributed by atoms with Gasteiger partial charge in [-0.15, -0.1) is 0 Å². The van der Waals surface area contributed by atoms with Crippen LogP contribution < -0.4 is 10.1 Å². The molecule has 98 valence electrons. The molecule has 0 amide bonds. The highest BCUT2D eigenvalue weighted by atomic mass is 79.9. The van der Waals surface area contributed by atoms with Crippen molar-refractivity contribution in [1.82, 2.24) is 10.3 Å². The van der Waals surface area contributed by atoms with Crippen LogP contribution in [-0.4, -0.2) is 11.0 Å². The van der Waals surface area contributed by atoms with Gasteiger partial charge in [0, 0.05) is 28.8 Å². The van der Waals surface area contributed by atoms with E-state index >= 15 is 0 Å². The Morgan fingerprint density at radius 2 is 2.00 bits per heavy atom. The van der Waals surface area contributed by atoms with Crippen molar-refractivity contribution in [1.29, 1.82) is 0 Å². The van der Waals surface area contributed by atoms with Gasteiger partial charge in [-0.2, -0.15) is 0 Å². The lowest BCUT2D eigenvalue weighted by Gasteiger charge is -2.10. The zero-order valence-electron chi connectivity index (χ0n) is 10.5. The average Bonchev–Trinajstić information content (AvgIpc) is 3.25. The fourth-order valence-electron chi connectivity index (χ4n) is 1.81. The summed E-state index contributed by atoms with van der Waals surface area (Å²) in [6, 6.07) is 12.4. The van der Waals surface area contributed by atoms with Crippen LogP contribution >= 0.6 is 15.9 Å². The fraction of sp³-hybridized carbons (Fsp3) is 0.267. The smallest absolute Gasteiger partial charge is 0.223 e. The number of nitrogens with zero attached hydrogens (tertiary/aromatic N) is 1. The summed E-state index contributed by atoms with van der Waals surface area (Å²) >= 11 is 3.41. The van der Waals surface area contributed by atoms with E-state index in [-0.39, 0.29) is 0 Å².